The Morgan fingerprint density at radius 1 is 1.73 bits per heavy atom. The summed E-state index contributed by atoms with van der Waals surface area (Å²) in [4.78, 5) is 6.98. The highest BCUT2D eigenvalue weighted by molar-refractivity contribution is 5.06. The first kappa shape index (κ1) is 6.85. The van der Waals surface area contributed by atoms with Gasteiger partial charge >= 0.3 is 0 Å². The summed E-state index contributed by atoms with van der Waals surface area (Å²) in [6, 6.07) is 0. The van der Waals surface area contributed by atoms with Crippen molar-refractivity contribution in [3.63, 3.8) is 0 Å². The Morgan fingerprint density at radius 3 is 2.91 bits per heavy atom. The number of hydrogen-bond acceptors (Lipinski definition) is 2. The van der Waals surface area contributed by atoms with E-state index < -0.39 is 5.60 Å². The second-order valence-corrected chi connectivity index (χ2v) is 3.36. The van der Waals surface area contributed by atoms with E-state index in [1.165, 1.54) is 0 Å². The molecule has 1 heterocycles. The smallest absolute Gasteiger partial charge is 0.138 e. The minimum atomic E-state index is -0.733. The molecule has 0 bridgehead atoms. The molecule has 1 aliphatic carbocycles. The molecule has 0 aromatic carbocycles. The van der Waals surface area contributed by atoms with E-state index in [1.54, 1.807) is 12.4 Å². The Bertz CT molecular complexity index is 237. The normalized spacial score (nSPS) is 23.1. The van der Waals surface area contributed by atoms with Crippen LogP contribution in [0.15, 0.2) is 12.4 Å². The average molecular weight is 152 g/mol. The molecule has 1 aliphatic rings. The molecule has 3 nitrogen and oxygen atoms in total. The summed E-state index contributed by atoms with van der Waals surface area (Å²) in [5.41, 5.74) is -0.733. The van der Waals surface area contributed by atoms with E-state index in [2.05, 4.69) is 9.97 Å². The number of nitrogens with one attached hydrogen (secondary N) is 1. The number of rotatable bonds is 2. The van der Waals surface area contributed by atoms with Crippen molar-refractivity contribution in [2.75, 3.05) is 0 Å². The molecule has 0 unspecified atom stereocenters. The molecule has 1 saturated carbocycles. The number of hydrogen-bond donors (Lipinski definition) is 2. The molecule has 3 heteroatoms. The molecular weight excluding hydrogens is 140 g/mol. The number of aromatic amines is 1. The van der Waals surface area contributed by atoms with Crippen LogP contribution in [0.25, 0.3) is 0 Å². The molecular formula is C8H12N2O. The second kappa shape index (κ2) is 2.08. The lowest BCUT2D eigenvalue weighted by Crippen LogP contribution is -2.25. The fourth-order valence-electron chi connectivity index (χ4n) is 1.38. The van der Waals surface area contributed by atoms with Crippen LogP contribution in [0.3, 0.4) is 0 Å². The zero-order valence-corrected chi connectivity index (χ0v) is 6.54. The number of aromatic nitrogens is 2. The summed E-state index contributed by atoms with van der Waals surface area (Å²) in [7, 11) is 0. The van der Waals surface area contributed by atoms with Crippen molar-refractivity contribution in [2.45, 2.75) is 25.4 Å². The van der Waals surface area contributed by atoms with Crippen molar-refractivity contribution in [3.05, 3.63) is 18.2 Å². The maximum absolute atomic E-state index is 9.92. The maximum atomic E-state index is 9.92. The van der Waals surface area contributed by atoms with E-state index in [1.807, 2.05) is 6.92 Å². The van der Waals surface area contributed by atoms with Gasteiger partial charge in [-0.05, 0) is 25.7 Å². The molecule has 1 fully saturated rings. The highest BCUT2D eigenvalue weighted by Gasteiger charge is 2.42. The number of nitrogens with zero attached hydrogens (tertiary/aromatic N) is 1. The highest BCUT2D eigenvalue weighted by atomic mass is 16.3. The van der Waals surface area contributed by atoms with E-state index in [9.17, 15) is 5.11 Å². The van der Waals surface area contributed by atoms with Gasteiger partial charge in [-0.2, -0.15) is 0 Å². The lowest BCUT2D eigenvalue weighted by molar-refractivity contribution is 0.0247. The molecule has 2 rings (SSSR count). The Labute approximate surface area is 65.5 Å². The van der Waals surface area contributed by atoms with E-state index in [0.717, 1.165) is 12.8 Å². The molecule has 1 aromatic heterocycles. The summed E-state index contributed by atoms with van der Waals surface area (Å²) in [6.45, 7) is 1.82. The average Bonchev–Trinajstić information content (AvgIpc) is 2.66. The van der Waals surface area contributed by atoms with Gasteiger partial charge in [0.2, 0.25) is 0 Å². The molecule has 1 aromatic rings. The fourth-order valence-corrected chi connectivity index (χ4v) is 1.38. The van der Waals surface area contributed by atoms with Gasteiger partial charge in [0.1, 0.15) is 11.4 Å². The number of aliphatic hydroxyl groups is 1. The predicted molar refractivity (Wildman–Crippen MR) is 40.9 cm³/mol. The zero-order valence-electron chi connectivity index (χ0n) is 6.54. The van der Waals surface area contributed by atoms with Crippen LogP contribution in [0.1, 0.15) is 25.6 Å². The van der Waals surface area contributed by atoms with Crippen molar-refractivity contribution in [3.8, 4) is 0 Å². The van der Waals surface area contributed by atoms with E-state index in [4.69, 9.17) is 0 Å². The highest BCUT2D eigenvalue weighted by Crippen LogP contribution is 2.44. The molecule has 0 radical (unpaired) electrons. The third kappa shape index (κ3) is 1.05. The van der Waals surface area contributed by atoms with Crippen LogP contribution in [0.4, 0.5) is 0 Å². The molecule has 60 valence electrons. The predicted octanol–water partition coefficient (Wildman–Crippen LogP) is 1.03. The Balaban J connectivity index is 2.26. The minimum Gasteiger partial charge on any atom is -0.382 e. The summed E-state index contributed by atoms with van der Waals surface area (Å²) < 4.78 is 0. The monoisotopic (exact) mass is 152 g/mol. The topological polar surface area (TPSA) is 48.9 Å². The van der Waals surface area contributed by atoms with Crippen molar-refractivity contribution in [1.82, 2.24) is 9.97 Å². The first-order valence-electron chi connectivity index (χ1n) is 3.93. The van der Waals surface area contributed by atoms with Crippen LogP contribution in [0.5, 0.6) is 0 Å². The molecule has 11 heavy (non-hydrogen) atoms. The third-order valence-corrected chi connectivity index (χ3v) is 2.35. The summed E-state index contributed by atoms with van der Waals surface area (Å²) in [5.74, 6) is 1.11. The first-order valence-corrected chi connectivity index (χ1v) is 3.93. The van der Waals surface area contributed by atoms with Crippen molar-refractivity contribution >= 4 is 0 Å². The van der Waals surface area contributed by atoms with Crippen molar-refractivity contribution < 1.29 is 5.11 Å². The summed E-state index contributed by atoms with van der Waals surface area (Å²) in [5, 5.41) is 9.92. The van der Waals surface area contributed by atoms with Crippen LogP contribution in [-0.2, 0) is 5.60 Å². The first-order chi connectivity index (χ1) is 5.21. The zero-order chi connectivity index (χ0) is 7.90. The largest absolute Gasteiger partial charge is 0.382 e. The van der Waals surface area contributed by atoms with Crippen molar-refractivity contribution in [1.29, 1.82) is 0 Å². The van der Waals surface area contributed by atoms with Gasteiger partial charge in [-0.25, -0.2) is 4.98 Å². The summed E-state index contributed by atoms with van der Waals surface area (Å²) in [6.07, 6.45) is 5.65. The fraction of sp³-hybridized carbons (Fsp3) is 0.625. The summed E-state index contributed by atoms with van der Waals surface area (Å²) >= 11 is 0. The standard InChI is InChI=1S/C8H12N2O/c1-8(11,6-2-3-6)7-9-4-5-10-7/h4-6,11H,2-3H2,1H3,(H,9,10)/t8-/m0/s1. The van der Waals surface area contributed by atoms with E-state index >= 15 is 0 Å². The molecule has 2 N–H and O–H groups in total. The molecule has 0 saturated heterocycles. The van der Waals surface area contributed by atoms with Crippen LogP contribution in [-0.4, -0.2) is 15.1 Å². The molecule has 0 spiro atoms. The number of imidazole rings is 1. The molecule has 0 amide bonds. The van der Waals surface area contributed by atoms with Crippen molar-refractivity contribution in [2.24, 2.45) is 5.92 Å². The minimum absolute atomic E-state index is 0.411. The lowest BCUT2D eigenvalue weighted by Gasteiger charge is -2.19. The quantitative estimate of drug-likeness (QED) is 0.664. The van der Waals surface area contributed by atoms with Crippen LogP contribution >= 0.6 is 0 Å². The maximum Gasteiger partial charge on any atom is 0.138 e. The van der Waals surface area contributed by atoms with Gasteiger partial charge in [0.25, 0.3) is 0 Å². The third-order valence-electron chi connectivity index (χ3n) is 2.35. The van der Waals surface area contributed by atoms with Gasteiger partial charge in [0, 0.05) is 12.4 Å². The van der Waals surface area contributed by atoms with Gasteiger partial charge in [-0.15, -0.1) is 0 Å². The van der Waals surface area contributed by atoms with Gasteiger partial charge in [-0.1, -0.05) is 0 Å². The molecule has 1 atom stereocenters. The van der Waals surface area contributed by atoms with Gasteiger partial charge in [0.05, 0.1) is 0 Å². The van der Waals surface area contributed by atoms with Crippen LogP contribution in [0.2, 0.25) is 0 Å². The van der Waals surface area contributed by atoms with E-state index in [-0.39, 0.29) is 0 Å². The Hall–Kier alpha value is -0.830. The van der Waals surface area contributed by atoms with Gasteiger partial charge < -0.3 is 10.1 Å². The van der Waals surface area contributed by atoms with Crippen LogP contribution in [0, 0.1) is 5.92 Å². The SMILES string of the molecule is C[C@@](O)(c1ncc[nH]1)C1CC1. The van der Waals surface area contributed by atoms with E-state index in [0.29, 0.717) is 11.7 Å². The molecule has 0 aliphatic heterocycles. The number of H-pyrrole nitrogens is 1. The Kier molecular flexibility index (Phi) is 1.29. The van der Waals surface area contributed by atoms with Crippen LogP contribution < -0.4 is 0 Å². The second-order valence-electron chi connectivity index (χ2n) is 3.36. The van der Waals surface area contributed by atoms with Gasteiger partial charge in [-0.3, -0.25) is 0 Å². The Morgan fingerprint density at radius 2 is 2.45 bits per heavy atom. The lowest BCUT2D eigenvalue weighted by atomic mass is 10.0. The van der Waals surface area contributed by atoms with Gasteiger partial charge in [0.15, 0.2) is 0 Å².